The second kappa shape index (κ2) is 13.8. The third-order valence-corrected chi connectivity index (χ3v) is 5.13. The van der Waals surface area contributed by atoms with Crippen LogP contribution >= 0.6 is 24.0 Å². The fraction of sp³-hybridized carbons (Fsp3) is 0.636. The molecule has 1 aliphatic rings. The maximum Gasteiger partial charge on any atom is 0.251 e. The third-order valence-electron chi connectivity index (χ3n) is 5.13. The predicted octanol–water partition coefficient (Wildman–Crippen LogP) is 2.74. The largest absolute Gasteiger partial charge is 0.356 e. The Balaban J connectivity index is 0.00000420. The lowest BCUT2D eigenvalue weighted by atomic mass is 9.97. The van der Waals surface area contributed by atoms with Crippen LogP contribution in [0.25, 0.3) is 0 Å². The molecule has 0 aliphatic carbocycles. The van der Waals surface area contributed by atoms with Gasteiger partial charge in [0.15, 0.2) is 5.96 Å². The van der Waals surface area contributed by atoms with Gasteiger partial charge in [0, 0.05) is 45.8 Å². The van der Waals surface area contributed by atoms with Gasteiger partial charge in [0.05, 0.1) is 0 Å². The quantitative estimate of drug-likeness (QED) is 0.283. The summed E-state index contributed by atoms with van der Waals surface area (Å²) in [6, 6.07) is 7.76. The zero-order valence-corrected chi connectivity index (χ0v) is 20.7. The minimum Gasteiger partial charge on any atom is -0.356 e. The summed E-state index contributed by atoms with van der Waals surface area (Å²) in [5.41, 5.74) is 1.84. The number of benzene rings is 1. The van der Waals surface area contributed by atoms with Gasteiger partial charge in [-0.25, -0.2) is 0 Å². The van der Waals surface area contributed by atoms with Gasteiger partial charge in [-0.2, -0.15) is 0 Å². The smallest absolute Gasteiger partial charge is 0.251 e. The average molecular weight is 515 g/mol. The van der Waals surface area contributed by atoms with Crippen LogP contribution in [0, 0.1) is 11.8 Å². The van der Waals surface area contributed by atoms with E-state index < -0.39 is 0 Å². The van der Waals surface area contributed by atoms with Gasteiger partial charge in [-0.1, -0.05) is 26.0 Å². The van der Waals surface area contributed by atoms with E-state index in [-0.39, 0.29) is 29.9 Å². The fourth-order valence-corrected chi connectivity index (χ4v) is 3.80. The van der Waals surface area contributed by atoms with Crippen molar-refractivity contribution in [3.8, 4) is 0 Å². The number of piperidine rings is 1. The Morgan fingerprint density at radius 1 is 1.31 bits per heavy atom. The zero-order chi connectivity index (χ0) is 20.4. The van der Waals surface area contributed by atoms with Gasteiger partial charge in [-0.15, -0.1) is 24.0 Å². The molecule has 0 saturated carbocycles. The molecule has 0 radical (unpaired) electrons. The second-order valence-electron chi connectivity index (χ2n) is 8.07. The molecule has 6 nitrogen and oxygen atoms in total. The number of guanidine groups is 1. The van der Waals surface area contributed by atoms with Crippen molar-refractivity contribution in [1.29, 1.82) is 0 Å². The van der Waals surface area contributed by atoms with Crippen molar-refractivity contribution in [2.45, 2.75) is 33.1 Å². The van der Waals surface area contributed by atoms with Crippen molar-refractivity contribution in [3.05, 3.63) is 35.4 Å². The number of halogens is 1. The summed E-state index contributed by atoms with van der Waals surface area (Å²) >= 11 is 0. The minimum absolute atomic E-state index is 0. The number of carbonyl (C=O) groups is 1. The van der Waals surface area contributed by atoms with Crippen LogP contribution in [0.1, 0.15) is 42.6 Å². The Morgan fingerprint density at radius 3 is 2.79 bits per heavy atom. The van der Waals surface area contributed by atoms with Crippen LogP contribution in [0.15, 0.2) is 29.3 Å². The first-order valence-electron chi connectivity index (χ1n) is 10.5. The van der Waals surface area contributed by atoms with Gasteiger partial charge in [-0.05, 0) is 55.3 Å². The Labute approximate surface area is 193 Å². The van der Waals surface area contributed by atoms with Crippen LogP contribution in [0.5, 0.6) is 0 Å². The zero-order valence-electron chi connectivity index (χ0n) is 18.3. The molecule has 0 spiro atoms. The number of nitrogens with zero attached hydrogens (tertiary/aromatic N) is 2. The maximum atomic E-state index is 11.8. The van der Waals surface area contributed by atoms with Crippen LogP contribution in [0.4, 0.5) is 0 Å². The first kappa shape index (κ1) is 25.7. The van der Waals surface area contributed by atoms with Crippen LogP contribution in [-0.2, 0) is 6.42 Å². The summed E-state index contributed by atoms with van der Waals surface area (Å²) in [5.74, 6) is 2.20. The number of carbonyl (C=O) groups excluding carboxylic acids is 1. The molecular formula is C22H38IN5O. The predicted molar refractivity (Wildman–Crippen MR) is 132 cm³/mol. The number of rotatable bonds is 8. The van der Waals surface area contributed by atoms with Crippen molar-refractivity contribution < 1.29 is 4.79 Å². The van der Waals surface area contributed by atoms with E-state index in [0.29, 0.717) is 11.5 Å². The van der Waals surface area contributed by atoms with E-state index in [9.17, 15) is 4.79 Å². The summed E-state index contributed by atoms with van der Waals surface area (Å²) < 4.78 is 0. The molecule has 29 heavy (non-hydrogen) atoms. The molecule has 1 aromatic rings. The number of aliphatic imine (C=N–C) groups is 1. The molecule has 1 fully saturated rings. The number of likely N-dealkylation sites (tertiary alicyclic amines) is 1. The fourth-order valence-electron chi connectivity index (χ4n) is 3.80. The Hall–Kier alpha value is -1.35. The molecule has 1 amide bonds. The lowest BCUT2D eigenvalue weighted by molar-refractivity contribution is 0.0963. The highest BCUT2D eigenvalue weighted by Crippen LogP contribution is 2.16. The Morgan fingerprint density at radius 2 is 2.10 bits per heavy atom. The topological polar surface area (TPSA) is 68.8 Å². The average Bonchev–Trinajstić information content (AvgIpc) is 2.70. The molecule has 7 heteroatoms. The molecule has 1 heterocycles. The SMILES string of the molecule is CN=C(NCCc1cccc(C(=O)NC)c1)NCC1CCCN(CC(C)C)C1.I. The van der Waals surface area contributed by atoms with Crippen molar-refractivity contribution in [1.82, 2.24) is 20.9 Å². The highest BCUT2D eigenvalue weighted by Gasteiger charge is 2.20. The number of hydrogen-bond donors (Lipinski definition) is 3. The van der Waals surface area contributed by atoms with E-state index in [4.69, 9.17) is 0 Å². The van der Waals surface area contributed by atoms with E-state index in [0.717, 1.165) is 37.0 Å². The van der Waals surface area contributed by atoms with Crippen LogP contribution in [0.2, 0.25) is 0 Å². The number of hydrogen-bond acceptors (Lipinski definition) is 3. The van der Waals surface area contributed by atoms with E-state index in [1.807, 2.05) is 25.2 Å². The number of amides is 1. The molecule has 2 rings (SSSR count). The van der Waals surface area contributed by atoms with Gasteiger partial charge in [-0.3, -0.25) is 9.79 Å². The molecule has 1 unspecified atom stereocenters. The van der Waals surface area contributed by atoms with Gasteiger partial charge < -0.3 is 20.9 Å². The van der Waals surface area contributed by atoms with E-state index in [1.165, 1.54) is 32.5 Å². The first-order chi connectivity index (χ1) is 13.5. The molecule has 1 aliphatic heterocycles. The summed E-state index contributed by atoms with van der Waals surface area (Å²) in [5, 5.41) is 9.54. The van der Waals surface area contributed by atoms with Gasteiger partial charge in [0.2, 0.25) is 0 Å². The molecule has 1 aromatic carbocycles. The van der Waals surface area contributed by atoms with E-state index in [2.05, 4.69) is 45.8 Å². The Kier molecular flexibility index (Phi) is 12.2. The summed E-state index contributed by atoms with van der Waals surface area (Å²) in [7, 11) is 3.47. The molecule has 0 bridgehead atoms. The first-order valence-corrected chi connectivity index (χ1v) is 10.5. The van der Waals surface area contributed by atoms with E-state index >= 15 is 0 Å². The third kappa shape index (κ3) is 9.33. The molecule has 164 valence electrons. The van der Waals surface area contributed by atoms with Crippen molar-refractivity contribution >= 4 is 35.8 Å². The molecule has 1 saturated heterocycles. The Bertz CT molecular complexity index is 650. The minimum atomic E-state index is -0.0497. The lowest BCUT2D eigenvalue weighted by Gasteiger charge is -2.34. The van der Waals surface area contributed by atoms with Crippen LogP contribution in [0.3, 0.4) is 0 Å². The monoisotopic (exact) mass is 515 g/mol. The summed E-state index contributed by atoms with van der Waals surface area (Å²) in [6.45, 7) is 9.92. The summed E-state index contributed by atoms with van der Waals surface area (Å²) in [4.78, 5) is 18.7. The van der Waals surface area contributed by atoms with Gasteiger partial charge in [0.1, 0.15) is 0 Å². The second-order valence-corrected chi connectivity index (χ2v) is 8.07. The molecule has 1 atom stereocenters. The van der Waals surface area contributed by atoms with Crippen molar-refractivity contribution in [2.75, 3.05) is 46.8 Å². The molecule has 0 aromatic heterocycles. The van der Waals surface area contributed by atoms with E-state index in [1.54, 1.807) is 7.05 Å². The van der Waals surface area contributed by atoms with Crippen LogP contribution < -0.4 is 16.0 Å². The summed E-state index contributed by atoms with van der Waals surface area (Å²) in [6.07, 6.45) is 3.41. The lowest BCUT2D eigenvalue weighted by Crippen LogP contribution is -2.45. The van der Waals surface area contributed by atoms with Crippen molar-refractivity contribution in [2.24, 2.45) is 16.8 Å². The van der Waals surface area contributed by atoms with Crippen LogP contribution in [-0.4, -0.2) is 63.6 Å². The molecular weight excluding hydrogens is 477 g/mol. The normalized spacial score (nSPS) is 17.6. The van der Waals surface area contributed by atoms with Crippen molar-refractivity contribution in [3.63, 3.8) is 0 Å². The standard InChI is InChI=1S/C22H37N5O.HI/c1-17(2)15-27-12-6-8-19(16-27)14-26-22(24-4)25-11-10-18-7-5-9-20(13-18)21(28)23-3;/h5,7,9,13,17,19H,6,8,10-12,14-16H2,1-4H3,(H,23,28)(H2,24,25,26);1H. The maximum absolute atomic E-state index is 11.8. The highest BCUT2D eigenvalue weighted by atomic mass is 127. The highest BCUT2D eigenvalue weighted by molar-refractivity contribution is 14.0. The molecule has 3 N–H and O–H groups in total. The van der Waals surface area contributed by atoms with Gasteiger partial charge >= 0.3 is 0 Å². The van der Waals surface area contributed by atoms with Gasteiger partial charge in [0.25, 0.3) is 5.91 Å². The number of nitrogens with one attached hydrogen (secondary N) is 3.